The number of para-hydroxylation sites is 1. The van der Waals surface area contributed by atoms with Crippen LogP contribution in [0.15, 0.2) is 36.4 Å². The van der Waals surface area contributed by atoms with Gasteiger partial charge in [0.1, 0.15) is 12.4 Å². The van der Waals surface area contributed by atoms with E-state index in [-0.39, 0.29) is 12.4 Å². The maximum atomic E-state index is 11.9. The summed E-state index contributed by atoms with van der Waals surface area (Å²) in [5.74, 6) is 0.773. The quantitative estimate of drug-likeness (QED) is 0.799. The third kappa shape index (κ3) is 3.68. The van der Waals surface area contributed by atoms with Crippen LogP contribution in [-0.2, 0) is 17.8 Å². The van der Waals surface area contributed by atoms with Crippen molar-refractivity contribution in [2.45, 2.75) is 26.8 Å². The number of hydrogen-bond donors (Lipinski definition) is 0. The lowest BCUT2D eigenvalue weighted by molar-refractivity contribution is -0.120. The Morgan fingerprint density at radius 3 is 2.74 bits per heavy atom. The number of rotatable bonds is 6. The molecule has 2 rings (SSSR count). The van der Waals surface area contributed by atoms with E-state index in [9.17, 15) is 4.79 Å². The third-order valence-electron chi connectivity index (χ3n) is 2.81. The van der Waals surface area contributed by atoms with Gasteiger partial charge >= 0.3 is 0 Å². The standard InChI is InChI=1S/C15H18N2O2/c1-3-17-13(9-12(2)16-17)10-14(18)11-19-15-7-5-4-6-8-15/h4-9H,3,10-11H2,1-2H3. The lowest BCUT2D eigenvalue weighted by atomic mass is 10.2. The summed E-state index contributed by atoms with van der Waals surface area (Å²) in [5.41, 5.74) is 1.88. The Balaban J connectivity index is 1.91. The third-order valence-corrected chi connectivity index (χ3v) is 2.81. The van der Waals surface area contributed by atoms with E-state index in [1.165, 1.54) is 0 Å². The second-order valence-corrected chi connectivity index (χ2v) is 4.41. The SMILES string of the molecule is CCn1nc(C)cc1CC(=O)COc1ccccc1. The van der Waals surface area contributed by atoms with Gasteiger partial charge in [0.15, 0.2) is 5.78 Å². The van der Waals surface area contributed by atoms with Gasteiger partial charge in [0.25, 0.3) is 0 Å². The zero-order chi connectivity index (χ0) is 13.7. The Labute approximate surface area is 113 Å². The smallest absolute Gasteiger partial charge is 0.176 e. The van der Waals surface area contributed by atoms with Crippen LogP contribution in [0.3, 0.4) is 0 Å². The number of carbonyl (C=O) groups excluding carboxylic acids is 1. The molecule has 1 aromatic heterocycles. The predicted octanol–water partition coefficient (Wildman–Crippen LogP) is 2.40. The highest BCUT2D eigenvalue weighted by atomic mass is 16.5. The normalized spacial score (nSPS) is 10.4. The summed E-state index contributed by atoms with van der Waals surface area (Å²) in [5, 5.41) is 4.32. The Morgan fingerprint density at radius 1 is 1.32 bits per heavy atom. The van der Waals surface area contributed by atoms with Crippen molar-refractivity contribution in [2.24, 2.45) is 0 Å². The van der Waals surface area contributed by atoms with Gasteiger partial charge in [-0.2, -0.15) is 5.10 Å². The minimum absolute atomic E-state index is 0.0541. The maximum absolute atomic E-state index is 11.9. The zero-order valence-corrected chi connectivity index (χ0v) is 11.3. The number of nitrogens with zero attached hydrogens (tertiary/aromatic N) is 2. The van der Waals surface area contributed by atoms with Crippen LogP contribution in [0.4, 0.5) is 0 Å². The summed E-state index contributed by atoms with van der Waals surface area (Å²) in [6.45, 7) is 4.81. The van der Waals surface area contributed by atoms with Crippen LogP contribution in [-0.4, -0.2) is 22.2 Å². The summed E-state index contributed by atoms with van der Waals surface area (Å²) in [7, 11) is 0. The van der Waals surface area contributed by atoms with Gasteiger partial charge in [-0.25, -0.2) is 0 Å². The van der Waals surface area contributed by atoms with E-state index < -0.39 is 0 Å². The summed E-state index contributed by atoms with van der Waals surface area (Å²) in [6, 6.07) is 11.3. The van der Waals surface area contributed by atoms with Crippen molar-refractivity contribution in [2.75, 3.05) is 6.61 Å². The van der Waals surface area contributed by atoms with Crippen LogP contribution in [0.25, 0.3) is 0 Å². The molecule has 0 aliphatic carbocycles. The number of carbonyl (C=O) groups is 1. The maximum Gasteiger partial charge on any atom is 0.176 e. The van der Waals surface area contributed by atoms with Crippen molar-refractivity contribution >= 4 is 5.78 Å². The van der Waals surface area contributed by atoms with E-state index in [2.05, 4.69) is 5.10 Å². The van der Waals surface area contributed by atoms with E-state index in [1.807, 2.05) is 54.9 Å². The van der Waals surface area contributed by atoms with Crippen molar-refractivity contribution < 1.29 is 9.53 Å². The second kappa shape index (κ2) is 6.18. The van der Waals surface area contributed by atoms with E-state index in [0.717, 1.165) is 23.7 Å². The molecule has 0 N–H and O–H groups in total. The second-order valence-electron chi connectivity index (χ2n) is 4.41. The predicted molar refractivity (Wildman–Crippen MR) is 73.3 cm³/mol. The molecule has 0 bridgehead atoms. The highest BCUT2D eigenvalue weighted by Crippen LogP contribution is 2.09. The number of ether oxygens (including phenoxy) is 1. The average Bonchev–Trinajstić information content (AvgIpc) is 2.77. The number of hydrogen-bond acceptors (Lipinski definition) is 3. The van der Waals surface area contributed by atoms with Crippen LogP contribution >= 0.6 is 0 Å². The number of aryl methyl sites for hydroxylation is 2. The molecule has 0 atom stereocenters. The molecule has 0 aliphatic heterocycles. The zero-order valence-electron chi connectivity index (χ0n) is 11.3. The van der Waals surface area contributed by atoms with Gasteiger partial charge in [-0.15, -0.1) is 0 Å². The average molecular weight is 258 g/mol. The Morgan fingerprint density at radius 2 is 2.05 bits per heavy atom. The number of aromatic nitrogens is 2. The lowest BCUT2D eigenvalue weighted by Gasteiger charge is -2.06. The van der Waals surface area contributed by atoms with Gasteiger partial charge in [-0.05, 0) is 32.0 Å². The fourth-order valence-electron chi connectivity index (χ4n) is 1.95. The van der Waals surface area contributed by atoms with E-state index in [0.29, 0.717) is 6.42 Å². The first kappa shape index (κ1) is 13.3. The molecular weight excluding hydrogens is 240 g/mol. The molecule has 1 aromatic carbocycles. The van der Waals surface area contributed by atoms with E-state index >= 15 is 0 Å². The molecule has 0 fully saturated rings. The molecule has 4 nitrogen and oxygen atoms in total. The number of Topliss-reactive ketones (excluding diaryl/α,β-unsaturated/α-hetero) is 1. The monoisotopic (exact) mass is 258 g/mol. The van der Waals surface area contributed by atoms with Crippen LogP contribution < -0.4 is 4.74 Å². The van der Waals surface area contributed by atoms with Crippen molar-refractivity contribution in [3.63, 3.8) is 0 Å². The molecular formula is C15H18N2O2. The van der Waals surface area contributed by atoms with Gasteiger partial charge in [0.05, 0.1) is 12.1 Å². The fourth-order valence-corrected chi connectivity index (χ4v) is 1.95. The van der Waals surface area contributed by atoms with Crippen molar-refractivity contribution in [3.8, 4) is 5.75 Å². The van der Waals surface area contributed by atoms with Gasteiger partial charge in [-0.3, -0.25) is 9.48 Å². The summed E-state index contributed by atoms with van der Waals surface area (Å²) in [4.78, 5) is 11.9. The summed E-state index contributed by atoms with van der Waals surface area (Å²) >= 11 is 0. The molecule has 1 heterocycles. The van der Waals surface area contributed by atoms with E-state index in [1.54, 1.807) is 0 Å². The molecule has 0 aliphatic rings. The molecule has 0 amide bonds. The fraction of sp³-hybridized carbons (Fsp3) is 0.333. The van der Waals surface area contributed by atoms with Gasteiger partial charge in [0, 0.05) is 12.2 Å². The van der Waals surface area contributed by atoms with Gasteiger partial charge in [0.2, 0.25) is 0 Å². The van der Waals surface area contributed by atoms with Crippen molar-refractivity contribution in [3.05, 3.63) is 47.8 Å². The molecule has 2 aromatic rings. The molecule has 0 unspecified atom stereocenters. The Hall–Kier alpha value is -2.10. The molecule has 4 heteroatoms. The largest absolute Gasteiger partial charge is 0.486 e. The lowest BCUT2D eigenvalue weighted by Crippen LogP contribution is -2.16. The molecule has 100 valence electrons. The summed E-state index contributed by atoms with van der Waals surface area (Å²) in [6.07, 6.45) is 0.363. The minimum atomic E-state index is 0.0541. The number of benzene rings is 1. The van der Waals surface area contributed by atoms with Crippen molar-refractivity contribution in [1.82, 2.24) is 9.78 Å². The Bertz CT molecular complexity index is 547. The molecule has 0 radical (unpaired) electrons. The van der Waals surface area contributed by atoms with Crippen molar-refractivity contribution in [1.29, 1.82) is 0 Å². The minimum Gasteiger partial charge on any atom is -0.486 e. The van der Waals surface area contributed by atoms with Crippen LogP contribution in [0.1, 0.15) is 18.3 Å². The molecule has 0 saturated carbocycles. The van der Waals surface area contributed by atoms with Gasteiger partial charge < -0.3 is 4.74 Å². The summed E-state index contributed by atoms with van der Waals surface area (Å²) < 4.78 is 7.30. The van der Waals surface area contributed by atoms with Gasteiger partial charge in [-0.1, -0.05) is 18.2 Å². The van der Waals surface area contributed by atoms with Crippen LogP contribution in [0.5, 0.6) is 5.75 Å². The first-order valence-electron chi connectivity index (χ1n) is 6.42. The Kier molecular flexibility index (Phi) is 4.34. The topological polar surface area (TPSA) is 44.1 Å². The molecule has 0 saturated heterocycles. The highest BCUT2D eigenvalue weighted by molar-refractivity contribution is 5.82. The first-order valence-corrected chi connectivity index (χ1v) is 6.42. The molecule has 0 spiro atoms. The van der Waals surface area contributed by atoms with Crippen LogP contribution in [0.2, 0.25) is 0 Å². The van der Waals surface area contributed by atoms with Crippen LogP contribution in [0, 0.1) is 6.92 Å². The van der Waals surface area contributed by atoms with E-state index in [4.69, 9.17) is 4.74 Å². The molecule has 19 heavy (non-hydrogen) atoms. The first-order chi connectivity index (χ1) is 9.19. The number of ketones is 1. The highest BCUT2D eigenvalue weighted by Gasteiger charge is 2.10.